The van der Waals surface area contributed by atoms with Crippen LogP contribution in [0.25, 0.3) is 11.1 Å². The Morgan fingerprint density at radius 1 is 0.622 bits per heavy atom. The maximum absolute atomic E-state index is 6.55. The summed E-state index contributed by atoms with van der Waals surface area (Å²) in [6.45, 7) is 0.709. The molecular formula is C37H25N5O2Se. The molecule has 4 heterocycles. The zero-order chi connectivity index (χ0) is 29.7. The number of oxazole rings is 1. The molecule has 5 aromatic carbocycles. The molecule has 7 nitrogen and oxygen atoms in total. The van der Waals surface area contributed by atoms with E-state index in [0.29, 0.717) is 12.7 Å². The topological polar surface area (TPSA) is 57.9 Å². The van der Waals surface area contributed by atoms with E-state index in [9.17, 15) is 0 Å². The maximum atomic E-state index is 6.55. The Bertz CT molecular complexity index is 2170. The number of aromatic nitrogens is 2. The molecular weight excluding hydrogens is 625 g/mol. The minimum atomic E-state index is 0.0995. The Morgan fingerprint density at radius 3 is 2.22 bits per heavy atom. The van der Waals surface area contributed by atoms with E-state index in [-0.39, 0.29) is 15.0 Å². The molecule has 2 aliphatic heterocycles. The van der Waals surface area contributed by atoms with Gasteiger partial charge in [-0.05, 0) is 12.1 Å². The Kier molecular flexibility index (Phi) is 6.08. The molecule has 0 atom stereocenters. The van der Waals surface area contributed by atoms with Crippen LogP contribution < -0.4 is 28.4 Å². The standard InChI is InChI=1S/C37H25N5O2Se/c1-2-9-25(10-3-1)40-24-41(31-15-6-5-14-30(31)40)26-11-8-12-27(21-26)43-28-17-18-35-32(22-28)42(33-23-38-20-19-36(33)45-35)37-39-29-13-4-7-16-34(29)44-37/h1-23H,24H2. The van der Waals surface area contributed by atoms with Crippen LogP contribution in [0.1, 0.15) is 0 Å². The zero-order valence-corrected chi connectivity index (χ0v) is 25.7. The van der Waals surface area contributed by atoms with Gasteiger partial charge in [-0.1, -0.05) is 24.3 Å². The van der Waals surface area contributed by atoms with E-state index in [4.69, 9.17) is 14.1 Å². The second-order valence-electron chi connectivity index (χ2n) is 10.8. The number of hydrogen-bond donors (Lipinski definition) is 0. The molecule has 0 saturated carbocycles. The van der Waals surface area contributed by atoms with Crippen LogP contribution in [0.15, 0.2) is 144 Å². The fourth-order valence-corrected chi connectivity index (χ4v) is 8.08. The van der Waals surface area contributed by atoms with Crippen molar-refractivity contribution >= 4 is 75.1 Å². The van der Waals surface area contributed by atoms with Crippen molar-refractivity contribution in [3.8, 4) is 11.5 Å². The molecule has 7 aromatic rings. The smallest absolute Gasteiger partial charge is 0.0383 e. The first-order valence-electron chi connectivity index (χ1n) is 14.7. The van der Waals surface area contributed by atoms with Crippen molar-refractivity contribution in [2.24, 2.45) is 0 Å². The van der Waals surface area contributed by atoms with E-state index < -0.39 is 0 Å². The van der Waals surface area contributed by atoms with Gasteiger partial charge < -0.3 is 0 Å². The summed E-state index contributed by atoms with van der Waals surface area (Å²) in [6, 6.07) is 44.0. The van der Waals surface area contributed by atoms with Crippen LogP contribution in [0.2, 0.25) is 0 Å². The van der Waals surface area contributed by atoms with Crippen molar-refractivity contribution in [2.45, 2.75) is 0 Å². The summed E-state index contributed by atoms with van der Waals surface area (Å²) in [5.74, 6) is 1.50. The van der Waals surface area contributed by atoms with Gasteiger partial charge in [0.15, 0.2) is 0 Å². The molecule has 2 aromatic heterocycles. The number of fused-ring (bicyclic) bond motifs is 4. The normalized spacial score (nSPS) is 13.5. The largest absolute Gasteiger partial charge is 0.0602 e. The van der Waals surface area contributed by atoms with Gasteiger partial charge in [-0.25, -0.2) is 0 Å². The monoisotopic (exact) mass is 651 g/mol. The van der Waals surface area contributed by atoms with Crippen molar-refractivity contribution in [1.82, 2.24) is 9.97 Å². The van der Waals surface area contributed by atoms with Gasteiger partial charge in [-0.15, -0.1) is 0 Å². The number of benzene rings is 5. The number of anilines is 7. The summed E-state index contributed by atoms with van der Waals surface area (Å²) in [7, 11) is 0. The molecule has 216 valence electrons. The second kappa shape index (κ2) is 10.6. The van der Waals surface area contributed by atoms with Crippen molar-refractivity contribution < 1.29 is 9.15 Å². The second-order valence-corrected chi connectivity index (χ2v) is 13.1. The van der Waals surface area contributed by atoms with E-state index in [1.807, 2.05) is 60.9 Å². The van der Waals surface area contributed by atoms with Crippen LogP contribution in [-0.2, 0) is 0 Å². The van der Waals surface area contributed by atoms with Gasteiger partial charge >= 0.3 is 230 Å². The molecule has 0 fully saturated rings. The minimum Gasteiger partial charge on any atom is -0.0602 e. The van der Waals surface area contributed by atoms with Gasteiger partial charge in [0.25, 0.3) is 0 Å². The molecule has 0 amide bonds. The van der Waals surface area contributed by atoms with E-state index in [1.165, 1.54) is 14.6 Å². The van der Waals surface area contributed by atoms with Crippen molar-refractivity contribution in [1.29, 1.82) is 0 Å². The van der Waals surface area contributed by atoms with E-state index in [0.717, 1.165) is 51.0 Å². The summed E-state index contributed by atoms with van der Waals surface area (Å²) < 4.78 is 15.3. The number of nitrogens with zero attached hydrogens (tertiary/aromatic N) is 5. The maximum Gasteiger partial charge on any atom is -0.0383 e. The summed E-state index contributed by atoms with van der Waals surface area (Å²) >= 11 is 0.0995. The van der Waals surface area contributed by atoms with Crippen molar-refractivity contribution in [3.05, 3.63) is 140 Å². The molecule has 8 heteroatoms. The van der Waals surface area contributed by atoms with Crippen LogP contribution >= 0.6 is 0 Å². The van der Waals surface area contributed by atoms with Gasteiger partial charge in [-0.3, -0.25) is 0 Å². The molecule has 0 spiro atoms. The van der Waals surface area contributed by atoms with Gasteiger partial charge in [-0.2, -0.15) is 0 Å². The number of hydrogen-bond acceptors (Lipinski definition) is 7. The third-order valence-electron chi connectivity index (χ3n) is 8.05. The Labute approximate surface area is 266 Å². The van der Waals surface area contributed by atoms with Crippen LogP contribution in [0.3, 0.4) is 0 Å². The summed E-state index contributed by atoms with van der Waals surface area (Å²) in [5.41, 5.74) is 8.09. The number of pyridine rings is 1. The van der Waals surface area contributed by atoms with Crippen molar-refractivity contribution in [3.63, 3.8) is 0 Å². The zero-order valence-electron chi connectivity index (χ0n) is 23.9. The molecule has 45 heavy (non-hydrogen) atoms. The first-order chi connectivity index (χ1) is 22.3. The van der Waals surface area contributed by atoms with E-state index in [2.05, 4.69) is 98.5 Å². The molecule has 2 aliphatic rings. The third-order valence-corrected chi connectivity index (χ3v) is 10.4. The number of ether oxygens (including phenoxy) is 1. The molecule has 0 N–H and O–H groups in total. The summed E-state index contributed by atoms with van der Waals surface area (Å²) in [5, 5.41) is 0. The first-order valence-corrected chi connectivity index (χ1v) is 16.4. The predicted molar refractivity (Wildman–Crippen MR) is 180 cm³/mol. The average Bonchev–Trinajstić information content (AvgIpc) is 3.70. The predicted octanol–water partition coefficient (Wildman–Crippen LogP) is 7.70. The molecule has 0 saturated heterocycles. The molecule has 9 rings (SSSR count). The quantitative estimate of drug-likeness (QED) is 0.177. The fourth-order valence-electron chi connectivity index (χ4n) is 5.97. The fraction of sp³-hybridized carbons (Fsp3) is 0.0270. The SMILES string of the molecule is c1ccc(N2CN(c3cccc(Oc4ccc5c(c4)N(c4nc6ccccc6o4)c4cnccc4[Se]5)c3)c3ccccc32)cc1. The summed E-state index contributed by atoms with van der Waals surface area (Å²) in [4.78, 5) is 16.0. The van der Waals surface area contributed by atoms with Crippen LogP contribution in [-0.4, -0.2) is 31.6 Å². The Hall–Kier alpha value is -5.56. The number of rotatable bonds is 5. The minimum absolute atomic E-state index is 0.0995. The Morgan fingerprint density at radius 2 is 1.36 bits per heavy atom. The van der Waals surface area contributed by atoms with Crippen LogP contribution in [0.4, 0.5) is 40.1 Å². The molecule has 0 unspecified atom stereocenters. The summed E-state index contributed by atoms with van der Waals surface area (Å²) in [6.07, 6.45) is 3.73. The van der Waals surface area contributed by atoms with Gasteiger partial charge in [0.05, 0.1) is 0 Å². The van der Waals surface area contributed by atoms with Crippen LogP contribution in [0, 0.1) is 0 Å². The molecule has 0 aliphatic carbocycles. The van der Waals surface area contributed by atoms with Crippen molar-refractivity contribution in [2.75, 3.05) is 21.4 Å². The Balaban J connectivity index is 1.06. The van der Waals surface area contributed by atoms with Gasteiger partial charge in [0, 0.05) is 0 Å². The number of para-hydroxylation sites is 5. The molecule has 0 bridgehead atoms. The van der Waals surface area contributed by atoms with Crippen LogP contribution in [0.5, 0.6) is 11.5 Å². The van der Waals surface area contributed by atoms with E-state index in [1.54, 1.807) is 0 Å². The van der Waals surface area contributed by atoms with Gasteiger partial charge in [0.1, 0.15) is 0 Å². The average molecular weight is 651 g/mol. The third kappa shape index (κ3) is 4.51. The van der Waals surface area contributed by atoms with Gasteiger partial charge in [0.2, 0.25) is 0 Å². The van der Waals surface area contributed by atoms with E-state index >= 15 is 0 Å². The first kappa shape index (κ1) is 25.9. The molecule has 0 radical (unpaired) electrons.